The Morgan fingerprint density at radius 3 is 2.85 bits per heavy atom. The van der Waals surface area contributed by atoms with Crippen LogP contribution in [0.1, 0.15) is 6.42 Å². The van der Waals surface area contributed by atoms with Gasteiger partial charge in [0.05, 0.1) is 12.2 Å². The standard InChI is InChI=1S/C7H12N2O3S/c1-12-7-2-4-9(6-7)13(10,11)5-3-8/h7H,2,4-6H2,1H3. The van der Waals surface area contributed by atoms with Crippen molar-refractivity contribution in [1.82, 2.24) is 4.31 Å². The Morgan fingerprint density at radius 1 is 1.69 bits per heavy atom. The molecule has 1 rings (SSSR count). The van der Waals surface area contributed by atoms with E-state index in [1.807, 2.05) is 0 Å². The Bertz CT molecular complexity index is 306. The van der Waals surface area contributed by atoms with E-state index in [1.165, 1.54) is 4.31 Å². The lowest BCUT2D eigenvalue weighted by atomic mass is 10.3. The molecule has 0 aromatic heterocycles. The Morgan fingerprint density at radius 2 is 2.38 bits per heavy atom. The van der Waals surface area contributed by atoms with Crippen LogP contribution in [0.25, 0.3) is 0 Å². The summed E-state index contributed by atoms with van der Waals surface area (Å²) in [5, 5.41) is 8.30. The van der Waals surface area contributed by atoms with Crippen molar-refractivity contribution >= 4 is 10.0 Å². The van der Waals surface area contributed by atoms with Gasteiger partial charge in [-0.2, -0.15) is 9.57 Å². The van der Waals surface area contributed by atoms with Gasteiger partial charge < -0.3 is 4.74 Å². The molecule has 0 aliphatic carbocycles. The van der Waals surface area contributed by atoms with Gasteiger partial charge in [-0.3, -0.25) is 0 Å². The van der Waals surface area contributed by atoms with Gasteiger partial charge in [0, 0.05) is 20.2 Å². The van der Waals surface area contributed by atoms with Crippen molar-refractivity contribution in [3.63, 3.8) is 0 Å². The van der Waals surface area contributed by atoms with E-state index >= 15 is 0 Å². The average Bonchev–Trinajstić information content (AvgIpc) is 2.52. The molecule has 0 aromatic carbocycles. The van der Waals surface area contributed by atoms with Crippen molar-refractivity contribution in [2.24, 2.45) is 0 Å². The largest absolute Gasteiger partial charge is 0.380 e. The molecule has 74 valence electrons. The molecule has 0 saturated carbocycles. The molecule has 0 spiro atoms. The maximum atomic E-state index is 11.3. The molecule has 5 nitrogen and oxygen atoms in total. The molecule has 0 aromatic rings. The molecule has 0 bridgehead atoms. The van der Waals surface area contributed by atoms with Gasteiger partial charge in [0.1, 0.15) is 0 Å². The number of rotatable bonds is 3. The SMILES string of the molecule is COC1CCN(S(=O)(=O)CC#N)C1. The summed E-state index contributed by atoms with van der Waals surface area (Å²) in [6, 6.07) is 1.65. The number of hydrogen-bond acceptors (Lipinski definition) is 4. The van der Waals surface area contributed by atoms with Gasteiger partial charge in [-0.15, -0.1) is 0 Å². The number of nitriles is 1. The molecular weight excluding hydrogens is 192 g/mol. The molecule has 1 fully saturated rings. The summed E-state index contributed by atoms with van der Waals surface area (Å²) in [6.45, 7) is 0.836. The molecular formula is C7H12N2O3S. The molecule has 1 aliphatic rings. The zero-order valence-electron chi connectivity index (χ0n) is 7.43. The molecule has 0 amide bonds. The Balaban J connectivity index is 2.61. The van der Waals surface area contributed by atoms with E-state index in [-0.39, 0.29) is 6.10 Å². The minimum atomic E-state index is -3.36. The second kappa shape index (κ2) is 4.05. The normalized spacial score (nSPS) is 24.5. The lowest BCUT2D eigenvalue weighted by Crippen LogP contribution is -2.31. The second-order valence-electron chi connectivity index (χ2n) is 2.92. The van der Waals surface area contributed by atoms with E-state index in [0.29, 0.717) is 19.5 Å². The van der Waals surface area contributed by atoms with E-state index in [0.717, 1.165) is 0 Å². The van der Waals surface area contributed by atoms with Gasteiger partial charge >= 0.3 is 0 Å². The highest BCUT2D eigenvalue weighted by atomic mass is 32.2. The Hall–Kier alpha value is -0.640. The summed E-state index contributed by atoms with van der Waals surface area (Å²) in [5.74, 6) is -0.441. The minimum Gasteiger partial charge on any atom is -0.380 e. The fraction of sp³-hybridized carbons (Fsp3) is 0.857. The van der Waals surface area contributed by atoms with Gasteiger partial charge in [0.2, 0.25) is 10.0 Å². The predicted octanol–water partition coefficient (Wildman–Crippen LogP) is -0.440. The molecule has 1 aliphatic heterocycles. The van der Waals surface area contributed by atoms with Crippen LogP contribution in [0.15, 0.2) is 0 Å². The molecule has 1 saturated heterocycles. The maximum absolute atomic E-state index is 11.3. The third-order valence-electron chi connectivity index (χ3n) is 2.08. The van der Waals surface area contributed by atoms with Crippen molar-refractivity contribution < 1.29 is 13.2 Å². The number of sulfonamides is 1. The molecule has 13 heavy (non-hydrogen) atoms. The third-order valence-corrected chi connectivity index (χ3v) is 3.69. The maximum Gasteiger partial charge on any atom is 0.227 e. The summed E-state index contributed by atoms with van der Waals surface area (Å²) in [7, 11) is -1.80. The highest BCUT2D eigenvalue weighted by Gasteiger charge is 2.30. The average molecular weight is 204 g/mol. The van der Waals surface area contributed by atoms with E-state index in [2.05, 4.69) is 0 Å². The summed E-state index contributed by atoms with van der Waals surface area (Å²) in [5.41, 5.74) is 0. The summed E-state index contributed by atoms with van der Waals surface area (Å²) in [4.78, 5) is 0. The topological polar surface area (TPSA) is 70.4 Å². The number of hydrogen-bond donors (Lipinski definition) is 0. The molecule has 0 N–H and O–H groups in total. The lowest BCUT2D eigenvalue weighted by molar-refractivity contribution is 0.115. The van der Waals surface area contributed by atoms with Crippen LogP contribution in [0.3, 0.4) is 0 Å². The number of ether oxygens (including phenoxy) is 1. The number of nitrogens with zero attached hydrogens (tertiary/aromatic N) is 2. The minimum absolute atomic E-state index is 0.0199. The van der Waals surface area contributed by atoms with E-state index in [4.69, 9.17) is 10.00 Å². The van der Waals surface area contributed by atoms with Crippen LogP contribution in [0.4, 0.5) is 0 Å². The van der Waals surface area contributed by atoms with E-state index in [1.54, 1.807) is 13.2 Å². The van der Waals surface area contributed by atoms with Gasteiger partial charge in [-0.05, 0) is 6.42 Å². The summed E-state index contributed by atoms with van der Waals surface area (Å²) < 4.78 is 29.0. The molecule has 1 unspecified atom stereocenters. The summed E-state index contributed by atoms with van der Waals surface area (Å²) in [6.07, 6.45) is 0.690. The predicted molar refractivity (Wildman–Crippen MR) is 46.4 cm³/mol. The van der Waals surface area contributed by atoms with Gasteiger partial charge in [-0.25, -0.2) is 8.42 Å². The van der Waals surface area contributed by atoms with Crippen molar-refractivity contribution in [2.75, 3.05) is 26.0 Å². The third kappa shape index (κ3) is 2.40. The first-order valence-electron chi connectivity index (χ1n) is 3.97. The Kier molecular flexibility index (Phi) is 3.25. The second-order valence-corrected chi connectivity index (χ2v) is 4.89. The highest BCUT2D eigenvalue weighted by molar-refractivity contribution is 7.89. The van der Waals surface area contributed by atoms with Crippen LogP contribution in [0, 0.1) is 11.3 Å². The smallest absolute Gasteiger partial charge is 0.227 e. The Labute approximate surface area is 77.9 Å². The van der Waals surface area contributed by atoms with Crippen LogP contribution in [0.2, 0.25) is 0 Å². The zero-order valence-corrected chi connectivity index (χ0v) is 8.25. The zero-order chi connectivity index (χ0) is 9.90. The first kappa shape index (κ1) is 10.4. The van der Waals surface area contributed by atoms with Crippen LogP contribution < -0.4 is 0 Å². The van der Waals surface area contributed by atoms with Crippen LogP contribution >= 0.6 is 0 Å². The van der Waals surface area contributed by atoms with Gasteiger partial charge in [-0.1, -0.05) is 0 Å². The quantitative estimate of drug-likeness (QED) is 0.625. The van der Waals surface area contributed by atoms with Crippen LogP contribution in [0.5, 0.6) is 0 Å². The monoisotopic (exact) mass is 204 g/mol. The van der Waals surface area contributed by atoms with Crippen molar-refractivity contribution in [1.29, 1.82) is 5.26 Å². The molecule has 0 radical (unpaired) electrons. The van der Waals surface area contributed by atoms with Crippen molar-refractivity contribution in [3.8, 4) is 6.07 Å². The fourth-order valence-electron chi connectivity index (χ4n) is 1.32. The highest BCUT2D eigenvalue weighted by Crippen LogP contribution is 2.15. The first-order valence-corrected chi connectivity index (χ1v) is 5.58. The lowest BCUT2D eigenvalue weighted by Gasteiger charge is -2.13. The first-order chi connectivity index (χ1) is 6.10. The molecule has 1 atom stereocenters. The number of methoxy groups -OCH3 is 1. The molecule has 1 heterocycles. The van der Waals surface area contributed by atoms with Crippen LogP contribution in [-0.2, 0) is 14.8 Å². The van der Waals surface area contributed by atoms with E-state index < -0.39 is 15.8 Å². The summed E-state index contributed by atoms with van der Waals surface area (Å²) >= 11 is 0. The van der Waals surface area contributed by atoms with Gasteiger partial charge in [0.25, 0.3) is 0 Å². The van der Waals surface area contributed by atoms with Crippen molar-refractivity contribution in [2.45, 2.75) is 12.5 Å². The molecule has 6 heteroatoms. The van der Waals surface area contributed by atoms with Gasteiger partial charge in [0.15, 0.2) is 5.75 Å². The van der Waals surface area contributed by atoms with Crippen LogP contribution in [-0.4, -0.2) is 44.8 Å². The van der Waals surface area contributed by atoms with Crippen molar-refractivity contribution in [3.05, 3.63) is 0 Å². The van der Waals surface area contributed by atoms with E-state index in [9.17, 15) is 8.42 Å². The fourth-order valence-corrected chi connectivity index (χ4v) is 2.44.